The van der Waals surface area contributed by atoms with Crippen molar-refractivity contribution in [2.75, 3.05) is 12.8 Å². The molecule has 0 aliphatic rings. The Kier molecular flexibility index (Phi) is 3.31. The highest BCUT2D eigenvalue weighted by molar-refractivity contribution is 5.84. The molecule has 0 amide bonds. The Morgan fingerprint density at radius 2 is 1.81 bits per heavy atom. The number of ether oxygens (including phenoxy) is 2. The molecule has 5 heteroatoms. The fraction of sp³-hybridized carbons (Fsp3) is 0.125. The number of aryl methyl sites for hydroxylation is 1. The van der Waals surface area contributed by atoms with Crippen LogP contribution in [-0.4, -0.2) is 17.1 Å². The molecule has 3 rings (SSSR count). The summed E-state index contributed by atoms with van der Waals surface area (Å²) in [4.78, 5) is 8.37. The lowest BCUT2D eigenvalue weighted by Gasteiger charge is -2.12. The van der Waals surface area contributed by atoms with Crippen molar-refractivity contribution in [3.63, 3.8) is 0 Å². The summed E-state index contributed by atoms with van der Waals surface area (Å²) in [5.41, 5.74) is 7.57. The van der Waals surface area contributed by atoms with E-state index in [9.17, 15) is 0 Å². The number of rotatable bonds is 3. The largest absolute Gasteiger partial charge is 0.493 e. The maximum Gasteiger partial charge on any atom is 0.232 e. The summed E-state index contributed by atoms with van der Waals surface area (Å²) < 4.78 is 11.2. The molecule has 0 aliphatic heterocycles. The summed E-state index contributed by atoms with van der Waals surface area (Å²) in [6, 6.07) is 13.3. The zero-order valence-electron chi connectivity index (χ0n) is 11.8. The highest BCUT2D eigenvalue weighted by Crippen LogP contribution is 2.34. The van der Waals surface area contributed by atoms with Gasteiger partial charge in [0, 0.05) is 0 Å². The third-order valence-electron chi connectivity index (χ3n) is 3.11. The van der Waals surface area contributed by atoms with Gasteiger partial charge in [-0.3, -0.25) is 0 Å². The summed E-state index contributed by atoms with van der Waals surface area (Å²) in [5, 5.41) is 0.800. The number of methoxy groups -OCH3 is 1. The van der Waals surface area contributed by atoms with Crippen LogP contribution in [0.2, 0.25) is 0 Å². The van der Waals surface area contributed by atoms with Gasteiger partial charge in [0.2, 0.25) is 11.8 Å². The van der Waals surface area contributed by atoms with Crippen molar-refractivity contribution >= 4 is 16.9 Å². The first-order valence-electron chi connectivity index (χ1n) is 6.52. The van der Waals surface area contributed by atoms with E-state index >= 15 is 0 Å². The average Bonchev–Trinajstić information content (AvgIpc) is 2.48. The monoisotopic (exact) mass is 281 g/mol. The SMILES string of the molecule is COc1cc(C)ccc1Oc1nc(N)nc2ccccc12. The molecule has 3 aromatic rings. The zero-order valence-corrected chi connectivity index (χ0v) is 11.8. The molecular formula is C16H15N3O2. The van der Waals surface area contributed by atoms with E-state index in [-0.39, 0.29) is 5.95 Å². The van der Waals surface area contributed by atoms with Gasteiger partial charge in [0.05, 0.1) is 18.0 Å². The van der Waals surface area contributed by atoms with E-state index in [2.05, 4.69) is 9.97 Å². The molecule has 0 radical (unpaired) electrons. The van der Waals surface area contributed by atoms with Crippen LogP contribution >= 0.6 is 0 Å². The number of hydrogen-bond acceptors (Lipinski definition) is 5. The van der Waals surface area contributed by atoms with Gasteiger partial charge in [-0.25, -0.2) is 4.98 Å². The number of nitrogens with two attached hydrogens (primary N) is 1. The minimum absolute atomic E-state index is 0.176. The topological polar surface area (TPSA) is 70.3 Å². The van der Waals surface area contributed by atoms with Crippen LogP contribution < -0.4 is 15.2 Å². The summed E-state index contributed by atoms with van der Waals surface area (Å²) in [6.45, 7) is 1.99. The number of nitrogens with zero attached hydrogens (tertiary/aromatic N) is 2. The zero-order chi connectivity index (χ0) is 14.8. The average molecular weight is 281 g/mol. The van der Waals surface area contributed by atoms with Crippen molar-refractivity contribution < 1.29 is 9.47 Å². The van der Waals surface area contributed by atoms with E-state index in [1.807, 2.05) is 49.4 Å². The Bertz CT molecular complexity index is 803. The van der Waals surface area contributed by atoms with E-state index in [4.69, 9.17) is 15.2 Å². The molecule has 0 fully saturated rings. The molecule has 2 aromatic carbocycles. The Hall–Kier alpha value is -2.82. The molecule has 21 heavy (non-hydrogen) atoms. The minimum atomic E-state index is 0.176. The lowest BCUT2D eigenvalue weighted by molar-refractivity contribution is 0.375. The third-order valence-corrected chi connectivity index (χ3v) is 3.11. The van der Waals surface area contributed by atoms with Crippen molar-refractivity contribution in [2.45, 2.75) is 6.92 Å². The molecule has 0 aliphatic carbocycles. The van der Waals surface area contributed by atoms with Crippen molar-refractivity contribution in [1.82, 2.24) is 9.97 Å². The fourth-order valence-corrected chi connectivity index (χ4v) is 2.11. The van der Waals surface area contributed by atoms with E-state index < -0.39 is 0 Å². The van der Waals surface area contributed by atoms with Crippen LogP contribution in [0.3, 0.4) is 0 Å². The van der Waals surface area contributed by atoms with E-state index in [1.165, 1.54) is 0 Å². The quantitative estimate of drug-likeness (QED) is 0.797. The maximum atomic E-state index is 5.89. The second kappa shape index (κ2) is 5.28. The molecule has 0 spiro atoms. The normalized spacial score (nSPS) is 10.6. The molecular weight excluding hydrogens is 266 g/mol. The first-order chi connectivity index (χ1) is 10.2. The molecule has 0 atom stereocenters. The first-order valence-corrected chi connectivity index (χ1v) is 6.52. The van der Waals surface area contributed by atoms with Gasteiger partial charge in [0.25, 0.3) is 0 Å². The van der Waals surface area contributed by atoms with E-state index in [0.717, 1.165) is 16.5 Å². The van der Waals surface area contributed by atoms with Gasteiger partial charge in [-0.05, 0) is 36.8 Å². The third kappa shape index (κ3) is 2.58. The van der Waals surface area contributed by atoms with Crippen molar-refractivity contribution in [1.29, 1.82) is 0 Å². The summed E-state index contributed by atoms with van der Waals surface area (Å²) in [7, 11) is 1.61. The van der Waals surface area contributed by atoms with E-state index in [0.29, 0.717) is 17.4 Å². The molecule has 0 saturated carbocycles. The molecule has 0 bridgehead atoms. The lowest BCUT2D eigenvalue weighted by Crippen LogP contribution is -1.99. The van der Waals surface area contributed by atoms with Crippen LogP contribution in [0.15, 0.2) is 42.5 Å². The van der Waals surface area contributed by atoms with Gasteiger partial charge in [-0.1, -0.05) is 18.2 Å². The van der Waals surface area contributed by atoms with Crippen molar-refractivity contribution in [3.05, 3.63) is 48.0 Å². The van der Waals surface area contributed by atoms with Crippen LogP contribution in [0, 0.1) is 6.92 Å². The molecule has 1 aromatic heterocycles. The van der Waals surface area contributed by atoms with Crippen LogP contribution in [-0.2, 0) is 0 Å². The number of hydrogen-bond donors (Lipinski definition) is 1. The number of benzene rings is 2. The standard InChI is InChI=1S/C16H15N3O2/c1-10-7-8-13(14(9-10)20-2)21-15-11-5-3-4-6-12(11)18-16(17)19-15/h3-9H,1-2H3,(H2,17,18,19). The number of anilines is 1. The Morgan fingerprint density at radius 3 is 2.62 bits per heavy atom. The number of fused-ring (bicyclic) bond motifs is 1. The Labute approximate surface area is 122 Å². The van der Waals surface area contributed by atoms with Crippen LogP contribution in [0.5, 0.6) is 17.4 Å². The van der Waals surface area contributed by atoms with E-state index in [1.54, 1.807) is 7.11 Å². The second-order valence-corrected chi connectivity index (χ2v) is 4.66. The van der Waals surface area contributed by atoms with Gasteiger partial charge in [-0.2, -0.15) is 4.98 Å². The van der Waals surface area contributed by atoms with Crippen LogP contribution in [0.1, 0.15) is 5.56 Å². The number of nitrogen functional groups attached to an aromatic ring is 1. The van der Waals surface area contributed by atoms with Gasteiger partial charge < -0.3 is 15.2 Å². The smallest absolute Gasteiger partial charge is 0.232 e. The van der Waals surface area contributed by atoms with Gasteiger partial charge in [-0.15, -0.1) is 0 Å². The molecule has 106 valence electrons. The predicted octanol–water partition coefficient (Wildman–Crippen LogP) is 3.32. The predicted molar refractivity (Wildman–Crippen MR) is 81.8 cm³/mol. The highest BCUT2D eigenvalue weighted by atomic mass is 16.5. The number of para-hydroxylation sites is 1. The van der Waals surface area contributed by atoms with Crippen molar-refractivity contribution in [2.24, 2.45) is 0 Å². The second-order valence-electron chi connectivity index (χ2n) is 4.66. The van der Waals surface area contributed by atoms with Crippen LogP contribution in [0.25, 0.3) is 10.9 Å². The maximum absolute atomic E-state index is 5.89. The van der Waals surface area contributed by atoms with Gasteiger partial charge >= 0.3 is 0 Å². The highest BCUT2D eigenvalue weighted by Gasteiger charge is 2.11. The molecule has 5 nitrogen and oxygen atoms in total. The van der Waals surface area contributed by atoms with Gasteiger partial charge in [0.1, 0.15) is 0 Å². The van der Waals surface area contributed by atoms with Crippen molar-refractivity contribution in [3.8, 4) is 17.4 Å². The van der Waals surface area contributed by atoms with Crippen LogP contribution in [0.4, 0.5) is 5.95 Å². The molecule has 1 heterocycles. The Balaban J connectivity index is 2.10. The minimum Gasteiger partial charge on any atom is -0.493 e. The Morgan fingerprint density at radius 1 is 1.00 bits per heavy atom. The molecule has 0 unspecified atom stereocenters. The summed E-state index contributed by atoms with van der Waals surface area (Å²) >= 11 is 0. The summed E-state index contributed by atoms with van der Waals surface area (Å²) in [6.07, 6.45) is 0. The fourth-order valence-electron chi connectivity index (χ4n) is 2.11. The van der Waals surface area contributed by atoms with Gasteiger partial charge in [0.15, 0.2) is 11.5 Å². The first kappa shape index (κ1) is 13.2. The molecule has 0 saturated heterocycles. The molecule has 2 N–H and O–H groups in total. The lowest BCUT2D eigenvalue weighted by atomic mass is 10.2. The summed E-state index contributed by atoms with van der Waals surface area (Å²) in [5.74, 6) is 1.83. The number of aromatic nitrogens is 2.